The van der Waals surface area contributed by atoms with Gasteiger partial charge in [-0.3, -0.25) is 4.79 Å². The van der Waals surface area contributed by atoms with Gasteiger partial charge in [0, 0.05) is 18.3 Å². The number of thiazole rings is 1. The van der Waals surface area contributed by atoms with E-state index in [1.165, 1.54) is 29.2 Å². The summed E-state index contributed by atoms with van der Waals surface area (Å²) >= 11 is 8.44. The van der Waals surface area contributed by atoms with Gasteiger partial charge in [0.05, 0.1) is 17.3 Å². The zero-order valence-corrected chi connectivity index (χ0v) is 20.1. The first kappa shape index (κ1) is 20.8. The molecule has 0 spiro atoms. The van der Waals surface area contributed by atoms with Crippen molar-refractivity contribution in [2.24, 2.45) is 0 Å². The second-order valence-electron chi connectivity index (χ2n) is 6.45. The molecule has 0 aliphatic heterocycles. The van der Waals surface area contributed by atoms with Crippen LogP contribution in [0.4, 0.5) is 0 Å². The van der Waals surface area contributed by atoms with Gasteiger partial charge in [0.25, 0.3) is 10.4 Å². The predicted molar refractivity (Wildman–Crippen MR) is 131 cm³/mol. The van der Waals surface area contributed by atoms with Crippen LogP contribution in [0.3, 0.4) is 0 Å². The van der Waals surface area contributed by atoms with Crippen LogP contribution in [0.2, 0.25) is 0 Å². The van der Waals surface area contributed by atoms with Crippen molar-refractivity contribution in [1.29, 1.82) is 0 Å². The van der Waals surface area contributed by atoms with Gasteiger partial charge in [-0.1, -0.05) is 23.5 Å². The molecule has 0 amide bonds. The van der Waals surface area contributed by atoms with Gasteiger partial charge in [-0.2, -0.15) is 0 Å². The maximum absolute atomic E-state index is 13.1. The third kappa shape index (κ3) is 3.61. The number of aromatic nitrogens is 3. The smallest absolute Gasteiger partial charge is 0.290 e. The lowest BCUT2D eigenvalue weighted by atomic mass is 10.3. The average Bonchev–Trinajstić information content (AvgIpc) is 3.22. The van der Waals surface area contributed by atoms with E-state index in [0.29, 0.717) is 33.6 Å². The van der Waals surface area contributed by atoms with Crippen molar-refractivity contribution in [3.8, 4) is 28.1 Å². The number of nitrogens with zero attached hydrogens (tertiary/aromatic N) is 3. The molecule has 0 unspecified atom stereocenters. The first-order valence-electron chi connectivity index (χ1n) is 9.14. The van der Waals surface area contributed by atoms with E-state index in [4.69, 9.17) is 29.2 Å². The topological polar surface area (TPSA) is 88.6 Å². The highest BCUT2D eigenvalue weighted by molar-refractivity contribution is 14.1. The third-order valence-electron chi connectivity index (χ3n) is 4.57. The highest BCUT2D eigenvalue weighted by Gasteiger charge is 2.17. The Morgan fingerprint density at radius 1 is 1.12 bits per heavy atom. The maximum Gasteiger partial charge on any atom is 0.290 e. The molecule has 0 saturated carbocycles. The fourth-order valence-electron chi connectivity index (χ4n) is 3.11. The van der Waals surface area contributed by atoms with Gasteiger partial charge >= 0.3 is 0 Å². The Bertz CT molecular complexity index is 1590. The molecule has 8 nitrogen and oxygen atoms in total. The molecule has 160 valence electrons. The lowest BCUT2D eigenvalue weighted by molar-refractivity contribution is 0.404. The summed E-state index contributed by atoms with van der Waals surface area (Å²) in [6.07, 6.45) is 1.48. The van der Waals surface area contributed by atoms with Crippen LogP contribution in [0.1, 0.15) is 0 Å². The summed E-state index contributed by atoms with van der Waals surface area (Å²) in [7, 11) is 1.48. The Morgan fingerprint density at radius 2 is 1.94 bits per heavy atom. The fraction of sp³-hybridized carbons (Fsp3) is 0.0476. The number of benzene rings is 2. The van der Waals surface area contributed by atoms with Gasteiger partial charge in [0.1, 0.15) is 5.75 Å². The summed E-state index contributed by atoms with van der Waals surface area (Å²) in [5.41, 5.74) is 0.570. The van der Waals surface area contributed by atoms with Crippen LogP contribution in [0.15, 0.2) is 63.9 Å². The fourth-order valence-corrected chi connectivity index (χ4v) is 4.77. The van der Waals surface area contributed by atoms with E-state index in [1.54, 1.807) is 12.1 Å². The van der Waals surface area contributed by atoms with Crippen LogP contribution < -0.4 is 18.1 Å². The molecule has 0 radical (unpaired) electrons. The molecule has 0 saturated heterocycles. The Kier molecular flexibility index (Phi) is 5.53. The van der Waals surface area contributed by atoms with Gasteiger partial charge in [0.15, 0.2) is 45.8 Å². The minimum Gasteiger partial charge on any atom is -0.493 e. The molecule has 3 aromatic heterocycles. The highest BCUT2D eigenvalue weighted by Crippen LogP contribution is 2.35. The number of para-hydroxylation sites is 2. The number of halogens is 1. The third-order valence-corrected chi connectivity index (χ3v) is 6.31. The number of fused-ring (bicyclic) bond motifs is 2. The molecule has 0 bridgehead atoms. The molecule has 32 heavy (non-hydrogen) atoms. The van der Waals surface area contributed by atoms with Crippen LogP contribution in [0, 0.1) is 4.84 Å². The maximum atomic E-state index is 13.1. The van der Waals surface area contributed by atoms with Crippen LogP contribution in [0.5, 0.6) is 23.0 Å². The van der Waals surface area contributed by atoms with Crippen LogP contribution in [0.25, 0.3) is 26.4 Å². The van der Waals surface area contributed by atoms with Crippen molar-refractivity contribution < 1.29 is 17.0 Å². The minimum atomic E-state index is -0.432. The second kappa shape index (κ2) is 8.48. The Morgan fingerprint density at radius 3 is 2.72 bits per heavy atom. The van der Waals surface area contributed by atoms with E-state index in [2.05, 4.69) is 9.97 Å². The van der Waals surface area contributed by atoms with Gasteiger partial charge in [-0.15, -0.1) is 0 Å². The summed E-state index contributed by atoms with van der Waals surface area (Å²) in [6.45, 7) is 0. The molecule has 0 aliphatic rings. The standard InChI is InChI=1S/C21H12IN3O5S2/c1-27-15-8-9-23-17-18(15)29-21(31)25(19(17)26)20-24-12-7-6-11(10-16(12)32-20)28-13-4-2-3-5-14(13)30-22/h2-10H,1H3. The van der Waals surface area contributed by atoms with E-state index >= 15 is 0 Å². The molecule has 2 aromatic carbocycles. The molecular formula is C21H12IN3O5S2. The Labute approximate surface area is 203 Å². The minimum absolute atomic E-state index is 0.0440. The van der Waals surface area contributed by atoms with Crippen molar-refractivity contribution in [3.05, 3.63) is 69.9 Å². The van der Waals surface area contributed by atoms with Gasteiger partial charge in [-0.05, 0) is 36.5 Å². The number of ether oxygens (including phenoxy) is 2. The van der Waals surface area contributed by atoms with E-state index in [9.17, 15) is 4.79 Å². The summed E-state index contributed by atoms with van der Waals surface area (Å²) < 4.78 is 24.3. The van der Waals surface area contributed by atoms with Crippen molar-refractivity contribution >= 4 is 67.9 Å². The first-order chi connectivity index (χ1) is 15.6. The second-order valence-corrected chi connectivity index (χ2v) is 8.25. The van der Waals surface area contributed by atoms with Gasteiger partial charge < -0.3 is 17.0 Å². The summed E-state index contributed by atoms with van der Waals surface area (Å²) in [5, 5.41) is 0.374. The average molecular weight is 577 g/mol. The SMILES string of the molecule is COc1ccnc2c(=O)n(-c3nc4ccc(Oc5ccccc5OI)cc4s3)c(=S)oc12. The number of hydrogen-bond acceptors (Lipinski definition) is 9. The van der Waals surface area contributed by atoms with E-state index in [0.717, 1.165) is 4.70 Å². The monoisotopic (exact) mass is 577 g/mol. The summed E-state index contributed by atoms with van der Waals surface area (Å²) in [6, 6.07) is 14.4. The number of rotatable bonds is 5. The molecule has 3 heterocycles. The van der Waals surface area contributed by atoms with E-state index < -0.39 is 5.56 Å². The van der Waals surface area contributed by atoms with Crippen LogP contribution >= 0.6 is 46.6 Å². The molecule has 0 aliphatic carbocycles. The van der Waals surface area contributed by atoms with Crippen molar-refractivity contribution in [2.45, 2.75) is 0 Å². The zero-order valence-electron chi connectivity index (χ0n) is 16.3. The summed E-state index contributed by atoms with van der Waals surface area (Å²) in [5.74, 6) is 2.19. The molecular weight excluding hydrogens is 565 g/mol. The Hall–Kier alpha value is -3.03. The molecule has 11 heteroatoms. The van der Waals surface area contributed by atoms with Gasteiger partial charge in [0.2, 0.25) is 10.7 Å². The van der Waals surface area contributed by atoms with Crippen molar-refractivity contribution in [3.63, 3.8) is 0 Å². The molecule has 0 fully saturated rings. The largest absolute Gasteiger partial charge is 0.493 e. The quantitative estimate of drug-likeness (QED) is 0.190. The van der Waals surface area contributed by atoms with Crippen LogP contribution in [-0.4, -0.2) is 21.6 Å². The first-order valence-corrected chi connectivity index (χ1v) is 11.2. The van der Waals surface area contributed by atoms with Gasteiger partial charge in [-0.25, -0.2) is 14.5 Å². The van der Waals surface area contributed by atoms with Crippen LogP contribution in [-0.2, 0) is 0 Å². The molecule has 5 rings (SSSR count). The Balaban J connectivity index is 1.60. The summed E-state index contributed by atoms with van der Waals surface area (Å²) in [4.78, 5) is 21.8. The predicted octanol–water partition coefficient (Wildman–Crippen LogP) is 5.85. The number of pyridine rings is 1. The molecule has 5 aromatic rings. The lowest BCUT2D eigenvalue weighted by Gasteiger charge is -2.08. The zero-order chi connectivity index (χ0) is 22.2. The number of methoxy groups -OCH3 is 1. The van der Waals surface area contributed by atoms with Crippen molar-refractivity contribution in [1.82, 2.24) is 14.5 Å². The van der Waals surface area contributed by atoms with E-state index in [-0.39, 0.29) is 15.9 Å². The normalized spacial score (nSPS) is 11.1. The molecule has 0 N–H and O–H groups in total. The number of hydrogen-bond donors (Lipinski definition) is 0. The van der Waals surface area contributed by atoms with Crippen molar-refractivity contribution in [2.75, 3.05) is 7.11 Å². The lowest BCUT2D eigenvalue weighted by Crippen LogP contribution is -2.20. The molecule has 0 atom stereocenters. The van der Waals surface area contributed by atoms with E-state index in [1.807, 2.05) is 59.4 Å². The highest BCUT2D eigenvalue weighted by atomic mass is 127.